The summed E-state index contributed by atoms with van der Waals surface area (Å²) in [5, 5.41) is 2.92. The van der Waals surface area contributed by atoms with Crippen molar-refractivity contribution in [3.8, 4) is 0 Å². The van der Waals surface area contributed by atoms with E-state index < -0.39 is 0 Å². The first-order valence-electron chi connectivity index (χ1n) is 6.70. The molecule has 19 heavy (non-hydrogen) atoms. The topological polar surface area (TPSA) is 29.1 Å². The lowest BCUT2D eigenvalue weighted by molar-refractivity contribution is 0.102. The lowest BCUT2D eigenvalue weighted by atomic mass is 10.1. The van der Waals surface area contributed by atoms with Crippen molar-refractivity contribution in [2.24, 2.45) is 0 Å². The van der Waals surface area contributed by atoms with E-state index in [1.165, 1.54) is 18.4 Å². The highest BCUT2D eigenvalue weighted by molar-refractivity contribution is 6.04. The Labute approximate surface area is 113 Å². The molecule has 0 radical (unpaired) electrons. The molecule has 3 rings (SSSR count). The number of aryl methyl sites for hydroxylation is 1. The van der Waals surface area contributed by atoms with Gasteiger partial charge in [-0.25, -0.2) is 0 Å². The molecular weight excluding hydrogens is 234 g/mol. The fraction of sp³-hybridized carbons (Fsp3) is 0.235. The maximum atomic E-state index is 12.1. The summed E-state index contributed by atoms with van der Waals surface area (Å²) in [5.41, 5.74) is 4.05. The number of hydrogen-bond donors (Lipinski definition) is 1. The van der Waals surface area contributed by atoms with Gasteiger partial charge in [-0.3, -0.25) is 4.79 Å². The highest BCUT2D eigenvalue weighted by Gasteiger charge is 2.23. The third-order valence-electron chi connectivity index (χ3n) is 3.50. The van der Waals surface area contributed by atoms with E-state index in [1.54, 1.807) is 0 Å². The standard InChI is InChI=1S/C17H17NO/c1-12-3-2-4-16(11-12)18-17(19)15-9-7-14(8-10-15)13-5-6-13/h2-4,7-11,13H,5-6H2,1H3,(H,18,19). The summed E-state index contributed by atoms with van der Waals surface area (Å²) >= 11 is 0. The highest BCUT2D eigenvalue weighted by atomic mass is 16.1. The van der Waals surface area contributed by atoms with E-state index in [0.717, 1.165) is 17.2 Å². The number of anilines is 1. The number of hydrogen-bond acceptors (Lipinski definition) is 1. The molecule has 1 N–H and O–H groups in total. The van der Waals surface area contributed by atoms with Gasteiger partial charge in [0, 0.05) is 11.3 Å². The Balaban J connectivity index is 1.72. The number of carbonyl (C=O) groups excluding carboxylic acids is 1. The molecule has 1 saturated carbocycles. The van der Waals surface area contributed by atoms with Gasteiger partial charge >= 0.3 is 0 Å². The molecule has 0 unspecified atom stereocenters. The lowest BCUT2D eigenvalue weighted by Crippen LogP contribution is -2.11. The van der Waals surface area contributed by atoms with Crippen LogP contribution in [0.4, 0.5) is 5.69 Å². The van der Waals surface area contributed by atoms with E-state index in [9.17, 15) is 4.79 Å². The summed E-state index contributed by atoms with van der Waals surface area (Å²) in [7, 11) is 0. The molecule has 2 nitrogen and oxygen atoms in total. The van der Waals surface area contributed by atoms with E-state index >= 15 is 0 Å². The van der Waals surface area contributed by atoms with Gasteiger partial charge in [0.2, 0.25) is 0 Å². The zero-order chi connectivity index (χ0) is 13.2. The number of benzene rings is 2. The van der Waals surface area contributed by atoms with Crippen LogP contribution in [-0.4, -0.2) is 5.91 Å². The first kappa shape index (κ1) is 12.0. The normalized spacial score (nSPS) is 14.2. The molecule has 0 spiro atoms. The Hall–Kier alpha value is -2.09. The zero-order valence-electron chi connectivity index (χ0n) is 11.0. The predicted molar refractivity (Wildman–Crippen MR) is 77.5 cm³/mol. The second-order valence-corrected chi connectivity index (χ2v) is 5.22. The van der Waals surface area contributed by atoms with E-state index in [1.807, 2.05) is 43.3 Å². The van der Waals surface area contributed by atoms with E-state index in [4.69, 9.17) is 0 Å². The number of nitrogens with one attached hydrogen (secondary N) is 1. The van der Waals surface area contributed by atoms with E-state index in [2.05, 4.69) is 17.4 Å². The molecule has 0 heterocycles. The van der Waals surface area contributed by atoms with Crippen molar-refractivity contribution in [3.05, 3.63) is 65.2 Å². The molecule has 1 fully saturated rings. The smallest absolute Gasteiger partial charge is 0.255 e. The van der Waals surface area contributed by atoms with Gasteiger partial charge in [0.25, 0.3) is 5.91 Å². The molecule has 96 valence electrons. The van der Waals surface area contributed by atoms with Gasteiger partial charge in [-0.05, 0) is 61.1 Å². The molecule has 0 atom stereocenters. The first-order valence-corrected chi connectivity index (χ1v) is 6.70. The van der Waals surface area contributed by atoms with Gasteiger partial charge in [-0.1, -0.05) is 24.3 Å². The van der Waals surface area contributed by atoms with Crippen molar-refractivity contribution in [2.45, 2.75) is 25.7 Å². The Morgan fingerprint density at radius 1 is 1.11 bits per heavy atom. The SMILES string of the molecule is Cc1cccc(NC(=O)c2ccc(C3CC3)cc2)c1. The Morgan fingerprint density at radius 3 is 2.47 bits per heavy atom. The van der Waals surface area contributed by atoms with Crippen molar-refractivity contribution >= 4 is 11.6 Å². The Kier molecular flexibility index (Phi) is 3.08. The van der Waals surface area contributed by atoms with Crippen molar-refractivity contribution < 1.29 is 4.79 Å². The van der Waals surface area contributed by atoms with Crippen LogP contribution >= 0.6 is 0 Å². The molecule has 0 bridgehead atoms. The van der Waals surface area contributed by atoms with Crippen molar-refractivity contribution in [2.75, 3.05) is 5.32 Å². The summed E-state index contributed by atoms with van der Waals surface area (Å²) in [4.78, 5) is 12.1. The number of rotatable bonds is 3. The monoisotopic (exact) mass is 251 g/mol. The first-order chi connectivity index (χ1) is 9.22. The van der Waals surface area contributed by atoms with Crippen LogP contribution in [0.5, 0.6) is 0 Å². The number of amides is 1. The van der Waals surface area contributed by atoms with Gasteiger partial charge < -0.3 is 5.32 Å². The van der Waals surface area contributed by atoms with Gasteiger partial charge in [0.05, 0.1) is 0 Å². The summed E-state index contributed by atoms with van der Waals surface area (Å²) < 4.78 is 0. The molecule has 2 heteroatoms. The molecule has 1 aliphatic rings. The average molecular weight is 251 g/mol. The molecule has 1 aliphatic carbocycles. The van der Waals surface area contributed by atoms with Crippen molar-refractivity contribution in [1.82, 2.24) is 0 Å². The third kappa shape index (κ3) is 2.84. The average Bonchev–Trinajstić information content (AvgIpc) is 3.23. The molecule has 1 amide bonds. The minimum atomic E-state index is -0.0482. The molecule has 0 aliphatic heterocycles. The van der Waals surface area contributed by atoms with Crippen molar-refractivity contribution in [3.63, 3.8) is 0 Å². The minimum Gasteiger partial charge on any atom is -0.322 e. The quantitative estimate of drug-likeness (QED) is 0.873. The predicted octanol–water partition coefficient (Wildman–Crippen LogP) is 4.12. The van der Waals surface area contributed by atoms with Crippen LogP contribution in [0.2, 0.25) is 0 Å². The van der Waals surface area contributed by atoms with Crippen LogP contribution in [0.1, 0.15) is 40.2 Å². The fourth-order valence-corrected chi connectivity index (χ4v) is 2.25. The third-order valence-corrected chi connectivity index (χ3v) is 3.50. The minimum absolute atomic E-state index is 0.0482. The number of carbonyl (C=O) groups is 1. The largest absolute Gasteiger partial charge is 0.322 e. The summed E-state index contributed by atoms with van der Waals surface area (Å²) in [6.45, 7) is 2.01. The summed E-state index contributed by atoms with van der Waals surface area (Å²) in [6.07, 6.45) is 2.57. The summed E-state index contributed by atoms with van der Waals surface area (Å²) in [5.74, 6) is 0.682. The lowest BCUT2D eigenvalue weighted by Gasteiger charge is -2.06. The van der Waals surface area contributed by atoms with Crippen LogP contribution in [0.3, 0.4) is 0 Å². The van der Waals surface area contributed by atoms with Crippen LogP contribution in [0.15, 0.2) is 48.5 Å². The van der Waals surface area contributed by atoms with Gasteiger partial charge in [0.15, 0.2) is 0 Å². The molecule has 2 aromatic rings. The van der Waals surface area contributed by atoms with E-state index in [0.29, 0.717) is 5.56 Å². The Morgan fingerprint density at radius 2 is 1.84 bits per heavy atom. The molecule has 0 saturated heterocycles. The van der Waals surface area contributed by atoms with Gasteiger partial charge in [0.1, 0.15) is 0 Å². The van der Waals surface area contributed by atoms with E-state index in [-0.39, 0.29) is 5.91 Å². The summed E-state index contributed by atoms with van der Waals surface area (Å²) in [6, 6.07) is 15.8. The fourth-order valence-electron chi connectivity index (χ4n) is 2.25. The molecule has 0 aromatic heterocycles. The second-order valence-electron chi connectivity index (χ2n) is 5.22. The molecular formula is C17H17NO. The van der Waals surface area contributed by atoms with Crippen LogP contribution in [0.25, 0.3) is 0 Å². The zero-order valence-corrected chi connectivity index (χ0v) is 11.0. The Bertz CT molecular complexity index is 597. The maximum Gasteiger partial charge on any atom is 0.255 e. The van der Waals surface area contributed by atoms with Crippen LogP contribution < -0.4 is 5.32 Å². The van der Waals surface area contributed by atoms with Crippen LogP contribution in [0, 0.1) is 6.92 Å². The van der Waals surface area contributed by atoms with Crippen molar-refractivity contribution in [1.29, 1.82) is 0 Å². The van der Waals surface area contributed by atoms with Gasteiger partial charge in [-0.15, -0.1) is 0 Å². The highest BCUT2D eigenvalue weighted by Crippen LogP contribution is 2.39. The van der Waals surface area contributed by atoms with Gasteiger partial charge in [-0.2, -0.15) is 0 Å². The molecule has 2 aromatic carbocycles. The second kappa shape index (κ2) is 4.88. The van der Waals surface area contributed by atoms with Crippen LogP contribution in [-0.2, 0) is 0 Å². The maximum absolute atomic E-state index is 12.1.